The van der Waals surface area contributed by atoms with E-state index < -0.39 is 22.9 Å². The molecule has 3 aromatic carbocycles. The van der Waals surface area contributed by atoms with E-state index in [-0.39, 0.29) is 17.2 Å². The van der Waals surface area contributed by atoms with Gasteiger partial charge in [0.25, 0.3) is 11.8 Å². The minimum Gasteiger partial charge on any atom is -0.321 e. The lowest BCUT2D eigenvalue weighted by molar-refractivity contribution is -0.115. The highest BCUT2D eigenvalue weighted by molar-refractivity contribution is 8.00. The Hall–Kier alpha value is -4.47. The number of hydrogen-bond acceptors (Lipinski definition) is 5. The molecule has 202 valence electrons. The highest BCUT2D eigenvalue weighted by Crippen LogP contribution is 2.27. The maximum atomic E-state index is 14.4. The Kier molecular flexibility index (Phi) is 9.66. The van der Waals surface area contributed by atoms with Crippen molar-refractivity contribution in [2.24, 2.45) is 0 Å². The highest BCUT2D eigenvalue weighted by atomic mass is 35.5. The normalized spacial score (nSPS) is 11.8. The number of nitrogens with one attached hydrogen (secondary N) is 3. The fourth-order valence-electron chi connectivity index (χ4n) is 3.47. The van der Waals surface area contributed by atoms with E-state index in [0.717, 1.165) is 4.90 Å². The second-order valence-corrected chi connectivity index (χ2v) is 10.3. The van der Waals surface area contributed by atoms with Gasteiger partial charge >= 0.3 is 0 Å². The van der Waals surface area contributed by atoms with E-state index in [1.807, 2.05) is 0 Å². The molecular formula is C30H24ClFN4O3S. The van der Waals surface area contributed by atoms with Gasteiger partial charge in [0.1, 0.15) is 17.3 Å². The summed E-state index contributed by atoms with van der Waals surface area (Å²) in [6, 6.07) is 24.4. The van der Waals surface area contributed by atoms with E-state index in [9.17, 15) is 18.8 Å². The van der Waals surface area contributed by atoms with Crippen LogP contribution in [0.15, 0.2) is 108 Å². The number of thioether (sulfide) groups is 1. The van der Waals surface area contributed by atoms with E-state index >= 15 is 0 Å². The third-order valence-electron chi connectivity index (χ3n) is 5.49. The van der Waals surface area contributed by atoms with Gasteiger partial charge in [-0.05, 0) is 61.5 Å². The first kappa shape index (κ1) is 28.5. The Morgan fingerprint density at radius 2 is 1.68 bits per heavy atom. The monoisotopic (exact) mass is 574 g/mol. The molecule has 0 fully saturated rings. The van der Waals surface area contributed by atoms with Crippen molar-refractivity contribution in [1.29, 1.82) is 0 Å². The Labute approximate surface area is 239 Å². The van der Waals surface area contributed by atoms with E-state index in [1.165, 1.54) is 42.2 Å². The number of carbonyl (C=O) groups is 3. The molecular weight excluding hydrogens is 551 g/mol. The van der Waals surface area contributed by atoms with Crippen LogP contribution in [0.5, 0.6) is 0 Å². The zero-order chi connectivity index (χ0) is 28.5. The Balaban J connectivity index is 1.48. The lowest BCUT2D eigenvalue weighted by Gasteiger charge is -2.14. The van der Waals surface area contributed by atoms with Crippen LogP contribution >= 0.6 is 23.4 Å². The Morgan fingerprint density at radius 1 is 0.925 bits per heavy atom. The first-order chi connectivity index (χ1) is 19.3. The maximum absolute atomic E-state index is 14.4. The van der Waals surface area contributed by atoms with Crippen molar-refractivity contribution in [3.05, 3.63) is 125 Å². The van der Waals surface area contributed by atoms with Crippen molar-refractivity contribution in [2.75, 3.05) is 10.6 Å². The fraction of sp³-hybridized carbons (Fsp3) is 0.0667. The predicted octanol–water partition coefficient (Wildman–Crippen LogP) is 6.40. The zero-order valence-corrected chi connectivity index (χ0v) is 22.8. The fourth-order valence-corrected chi connectivity index (χ4v) is 4.51. The molecule has 40 heavy (non-hydrogen) atoms. The van der Waals surface area contributed by atoms with Gasteiger partial charge in [-0.2, -0.15) is 0 Å². The Morgan fingerprint density at radius 3 is 2.40 bits per heavy atom. The summed E-state index contributed by atoms with van der Waals surface area (Å²) in [5.41, 5.74) is 0.769. The molecule has 1 atom stereocenters. The van der Waals surface area contributed by atoms with Crippen molar-refractivity contribution in [2.45, 2.75) is 17.1 Å². The summed E-state index contributed by atoms with van der Waals surface area (Å²) in [6.07, 6.45) is 2.72. The first-order valence-corrected chi connectivity index (χ1v) is 13.4. The number of anilines is 2. The maximum Gasteiger partial charge on any atom is 0.272 e. The summed E-state index contributed by atoms with van der Waals surface area (Å²) in [5.74, 6) is -1.57. The average Bonchev–Trinajstić information content (AvgIpc) is 2.95. The second-order valence-electron chi connectivity index (χ2n) is 8.49. The SMILES string of the molecule is CC(Sc1cccc(NC(=O)/C(=C/c2ccccc2F)NC(=O)c2ccccc2)c1)C(=O)Nc1ccc(Cl)cn1. The number of rotatable bonds is 9. The molecule has 3 N–H and O–H groups in total. The van der Waals surface area contributed by atoms with Crippen molar-refractivity contribution >= 4 is 58.7 Å². The summed E-state index contributed by atoms with van der Waals surface area (Å²) in [7, 11) is 0. The standard InChI is InChI=1S/C30H24ClFN4O3S/c1-19(28(37)36-27-15-14-22(31)18-33-27)40-24-12-7-11-23(17-24)34-30(39)26(16-21-10-5-6-13-25(21)32)35-29(38)20-8-3-2-4-9-20/h2-19H,1H3,(H,34,39)(H,35,38)(H,33,36,37)/b26-16-. The molecule has 0 aliphatic carbocycles. The van der Waals surface area contributed by atoms with Gasteiger partial charge in [-0.15, -0.1) is 11.8 Å². The number of nitrogens with zero attached hydrogens (tertiary/aromatic N) is 1. The van der Waals surface area contributed by atoms with Gasteiger partial charge in [-0.25, -0.2) is 9.37 Å². The van der Waals surface area contributed by atoms with Crippen LogP contribution in [-0.2, 0) is 9.59 Å². The summed E-state index contributed by atoms with van der Waals surface area (Å²) in [6.45, 7) is 1.75. The topological polar surface area (TPSA) is 100 Å². The van der Waals surface area contributed by atoms with Gasteiger partial charge in [0.2, 0.25) is 5.91 Å². The van der Waals surface area contributed by atoms with Crippen molar-refractivity contribution in [3.8, 4) is 0 Å². The van der Waals surface area contributed by atoms with Gasteiger partial charge < -0.3 is 16.0 Å². The highest BCUT2D eigenvalue weighted by Gasteiger charge is 2.18. The smallest absolute Gasteiger partial charge is 0.272 e. The minimum absolute atomic E-state index is 0.139. The van der Waals surface area contributed by atoms with Crippen LogP contribution in [0.25, 0.3) is 6.08 Å². The third-order valence-corrected chi connectivity index (χ3v) is 6.80. The minimum atomic E-state index is -0.644. The number of aromatic nitrogens is 1. The lowest BCUT2D eigenvalue weighted by atomic mass is 10.1. The molecule has 7 nitrogen and oxygen atoms in total. The molecule has 10 heteroatoms. The first-order valence-electron chi connectivity index (χ1n) is 12.1. The molecule has 0 aliphatic rings. The summed E-state index contributed by atoms with van der Waals surface area (Å²) >= 11 is 7.12. The zero-order valence-electron chi connectivity index (χ0n) is 21.2. The molecule has 3 amide bonds. The molecule has 0 radical (unpaired) electrons. The van der Waals surface area contributed by atoms with Gasteiger partial charge in [0.15, 0.2) is 0 Å². The van der Waals surface area contributed by atoms with Gasteiger partial charge in [-0.3, -0.25) is 14.4 Å². The molecule has 1 aromatic heterocycles. The number of hydrogen-bond donors (Lipinski definition) is 3. The molecule has 0 saturated heterocycles. The van der Waals surface area contributed by atoms with E-state index in [4.69, 9.17) is 11.6 Å². The molecule has 1 unspecified atom stereocenters. The third kappa shape index (κ3) is 8.02. The number of pyridine rings is 1. The molecule has 4 rings (SSSR count). The van der Waals surface area contributed by atoms with E-state index in [2.05, 4.69) is 20.9 Å². The van der Waals surface area contributed by atoms with E-state index in [1.54, 1.807) is 79.7 Å². The number of halogens is 2. The van der Waals surface area contributed by atoms with Crippen molar-refractivity contribution in [1.82, 2.24) is 10.3 Å². The van der Waals surface area contributed by atoms with Crippen LogP contribution in [0.4, 0.5) is 15.9 Å². The van der Waals surface area contributed by atoms with Crippen LogP contribution < -0.4 is 16.0 Å². The molecule has 0 saturated carbocycles. The lowest BCUT2D eigenvalue weighted by Crippen LogP contribution is -2.30. The molecule has 1 heterocycles. The Bertz CT molecular complexity index is 1550. The number of benzene rings is 3. The molecule has 0 aliphatic heterocycles. The summed E-state index contributed by atoms with van der Waals surface area (Å²) in [5, 5.41) is 8.05. The number of amides is 3. The van der Waals surface area contributed by atoms with Crippen molar-refractivity contribution < 1.29 is 18.8 Å². The average molecular weight is 575 g/mol. The molecule has 4 aromatic rings. The molecule has 0 spiro atoms. The van der Waals surface area contributed by atoms with Gasteiger partial charge in [0, 0.05) is 27.9 Å². The van der Waals surface area contributed by atoms with E-state index in [0.29, 0.717) is 22.1 Å². The van der Waals surface area contributed by atoms with Crippen molar-refractivity contribution in [3.63, 3.8) is 0 Å². The second kappa shape index (κ2) is 13.5. The van der Waals surface area contributed by atoms with Crippen LogP contribution in [0.1, 0.15) is 22.8 Å². The van der Waals surface area contributed by atoms with Crippen LogP contribution in [-0.4, -0.2) is 28.0 Å². The van der Waals surface area contributed by atoms with Gasteiger partial charge in [0.05, 0.1) is 10.3 Å². The van der Waals surface area contributed by atoms with Crippen LogP contribution in [0, 0.1) is 5.82 Å². The predicted molar refractivity (Wildman–Crippen MR) is 157 cm³/mol. The largest absolute Gasteiger partial charge is 0.321 e. The van der Waals surface area contributed by atoms with Crippen LogP contribution in [0.3, 0.4) is 0 Å². The quantitative estimate of drug-likeness (QED) is 0.159. The number of carbonyl (C=O) groups excluding carboxylic acids is 3. The molecule has 0 bridgehead atoms. The van der Waals surface area contributed by atoms with Crippen LogP contribution in [0.2, 0.25) is 5.02 Å². The van der Waals surface area contributed by atoms with Gasteiger partial charge in [-0.1, -0.05) is 54.1 Å². The summed E-state index contributed by atoms with van der Waals surface area (Å²) < 4.78 is 14.4. The summed E-state index contributed by atoms with van der Waals surface area (Å²) in [4.78, 5) is 43.5.